The lowest BCUT2D eigenvalue weighted by atomic mass is 10.2. The first-order valence-electron chi connectivity index (χ1n) is 10.7. The number of anilines is 1. The molecule has 3 N–H and O–H groups in total. The predicted molar refractivity (Wildman–Crippen MR) is 139 cm³/mol. The highest BCUT2D eigenvalue weighted by Gasteiger charge is 2.28. The molecule has 3 aromatic rings. The predicted octanol–water partition coefficient (Wildman–Crippen LogP) is 5.36. The van der Waals surface area contributed by atoms with Crippen molar-refractivity contribution >= 4 is 29.3 Å². The lowest BCUT2D eigenvalue weighted by Gasteiger charge is -2.18. The molecule has 1 heterocycles. The molecule has 2 aromatic carbocycles. The quantitative estimate of drug-likeness (QED) is 0.268. The molecule has 0 bridgehead atoms. The Labute approximate surface area is 210 Å². The minimum Gasteiger partial charge on any atom is -0.508 e. The Morgan fingerprint density at radius 2 is 1.80 bits per heavy atom. The smallest absolute Gasteiger partial charge is 0.319 e. The van der Waals surface area contributed by atoms with Crippen LogP contribution in [0.3, 0.4) is 0 Å². The standard InChI is InChI=1S/C25H29N3O5S.CH4/c1-15-14-18(29)8-11-20(15)26-23(30)21-16(2)28(12-13-33-5)22(27-21)17-6-9-19(10-7-17)34-25(3,4)24(31)32;/h6-11,14,29H,12-13H2,1-5H3,(H,26,30)(H,31,32);1H4. The molecular weight excluding hydrogens is 466 g/mol. The van der Waals surface area contributed by atoms with E-state index in [9.17, 15) is 19.8 Å². The number of benzene rings is 2. The molecule has 1 amide bonds. The SMILES string of the molecule is C.COCCn1c(-c2ccc(SC(C)(C)C(=O)O)cc2)nc(C(=O)Nc2ccc(O)cc2C)c1C. The number of hydrogen-bond donors (Lipinski definition) is 3. The van der Waals surface area contributed by atoms with Crippen LogP contribution in [0.4, 0.5) is 5.69 Å². The summed E-state index contributed by atoms with van der Waals surface area (Å²) in [5.41, 5.74) is 3.13. The topological polar surface area (TPSA) is 114 Å². The molecule has 1 aromatic heterocycles. The first-order chi connectivity index (χ1) is 16.0. The minimum atomic E-state index is -0.952. The van der Waals surface area contributed by atoms with Gasteiger partial charge in [0.25, 0.3) is 5.91 Å². The number of phenolic OH excluding ortho intramolecular Hbond substituents is 1. The molecule has 0 fully saturated rings. The van der Waals surface area contributed by atoms with E-state index in [-0.39, 0.29) is 19.1 Å². The fourth-order valence-corrected chi connectivity index (χ4v) is 4.35. The zero-order chi connectivity index (χ0) is 25.0. The second kappa shape index (κ2) is 11.4. The number of nitrogens with zero attached hydrogens (tertiary/aromatic N) is 2. The number of imidazole rings is 1. The number of aromatic nitrogens is 2. The van der Waals surface area contributed by atoms with E-state index in [1.807, 2.05) is 35.8 Å². The second-order valence-corrected chi connectivity index (χ2v) is 10.1. The summed E-state index contributed by atoms with van der Waals surface area (Å²) in [5.74, 6) is -0.478. The number of hydrogen-bond acceptors (Lipinski definition) is 6. The Hall–Kier alpha value is -3.30. The Morgan fingerprint density at radius 3 is 2.37 bits per heavy atom. The lowest BCUT2D eigenvalue weighted by molar-refractivity contribution is -0.138. The lowest BCUT2D eigenvalue weighted by Crippen LogP contribution is -2.26. The highest BCUT2D eigenvalue weighted by Crippen LogP contribution is 2.34. The molecule has 0 radical (unpaired) electrons. The molecule has 3 rings (SSSR count). The van der Waals surface area contributed by atoms with Crippen molar-refractivity contribution in [2.45, 2.75) is 51.3 Å². The van der Waals surface area contributed by atoms with Crippen molar-refractivity contribution in [3.8, 4) is 17.1 Å². The van der Waals surface area contributed by atoms with Crippen LogP contribution in [0.25, 0.3) is 11.4 Å². The van der Waals surface area contributed by atoms with Gasteiger partial charge in [-0.1, -0.05) is 19.6 Å². The van der Waals surface area contributed by atoms with E-state index in [0.29, 0.717) is 36.1 Å². The van der Waals surface area contributed by atoms with Crippen LogP contribution >= 0.6 is 11.8 Å². The summed E-state index contributed by atoms with van der Waals surface area (Å²) in [4.78, 5) is 30.0. The van der Waals surface area contributed by atoms with Crippen LogP contribution in [-0.4, -0.2) is 50.1 Å². The number of amides is 1. The normalized spacial score (nSPS) is 11.1. The summed E-state index contributed by atoms with van der Waals surface area (Å²) >= 11 is 1.26. The van der Waals surface area contributed by atoms with E-state index >= 15 is 0 Å². The summed E-state index contributed by atoms with van der Waals surface area (Å²) < 4.78 is 6.23. The Kier molecular flexibility index (Phi) is 9.12. The van der Waals surface area contributed by atoms with E-state index in [1.165, 1.54) is 17.8 Å². The molecule has 8 nitrogen and oxygen atoms in total. The summed E-state index contributed by atoms with van der Waals surface area (Å²) in [6, 6.07) is 12.2. The largest absolute Gasteiger partial charge is 0.508 e. The number of carbonyl (C=O) groups is 2. The van der Waals surface area contributed by atoms with Crippen molar-refractivity contribution in [2.75, 3.05) is 19.0 Å². The van der Waals surface area contributed by atoms with Crippen LogP contribution < -0.4 is 5.32 Å². The Balaban J connectivity index is 0.00000432. The van der Waals surface area contributed by atoms with Gasteiger partial charge < -0.3 is 24.8 Å². The van der Waals surface area contributed by atoms with Gasteiger partial charge in [0.2, 0.25) is 0 Å². The molecular formula is C26H33N3O5S. The summed E-state index contributed by atoms with van der Waals surface area (Å²) in [5, 5.41) is 21.9. The molecule has 0 aliphatic heterocycles. The fourth-order valence-electron chi connectivity index (χ4n) is 3.41. The number of phenols is 1. The molecule has 0 aliphatic rings. The zero-order valence-corrected chi connectivity index (χ0v) is 20.7. The summed E-state index contributed by atoms with van der Waals surface area (Å²) in [7, 11) is 1.61. The van der Waals surface area contributed by atoms with Gasteiger partial charge in [-0.25, -0.2) is 4.98 Å². The number of methoxy groups -OCH3 is 1. The minimum absolute atomic E-state index is 0. The number of thioether (sulfide) groups is 1. The van der Waals surface area contributed by atoms with Crippen molar-refractivity contribution in [2.24, 2.45) is 0 Å². The van der Waals surface area contributed by atoms with Gasteiger partial charge in [-0.3, -0.25) is 9.59 Å². The highest BCUT2D eigenvalue weighted by molar-refractivity contribution is 8.01. The fraction of sp³-hybridized carbons (Fsp3) is 0.346. The van der Waals surface area contributed by atoms with Crippen molar-refractivity contribution < 1.29 is 24.5 Å². The molecule has 35 heavy (non-hydrogen) atoms. The van der Waals surface area contributed by atoms with Crippen LogP contribution in [0.15, 0.2) is 47.4 Å². The average Bonchev–Trinajstić information content (AvgIpc) is 3.10. The van der Waals surface area contributed by atoms with Crippen LogP contribution in [0, 0.1) is 13.8 Å². The first-order valence-corrected chi connectivity index (χ1v) is 11.5. The number of carbonyl (C=O) groups excluding carboxylic acids is 1. The van der Waals surface area contributed by atoms with Gasteiger partial charge in [0.15, 0.2) is 0 Å². The van der Waals surface area contributed by atoms with Gasteiger partial charge in [-0.05, 0) is 63.6 Å². The Bertz CT molecular complexity index is 1200. The number of aromatic hydroxyl groups is 1. The third-order valence-electron chi connectivity index (χ3n) is 5.41. The molecule has 9 heteroatoms. The number of aliphatic carboxylic acids is 1. The number of ether oxygens (including phenoxy) is 1. The van der Waals surface area contributed by atoms with Gasteiger partial charge in [0.1, 0.15) is 22.0 Å². The summed E-state index contributed by atoms with van der Waals surface area (Å²) in [6.07, 6.45) is 0. The molecule has 0 aliphatic carbocycles. The third kappa shape index (κ3) is 6.43. The van der Waals surface area contributed by atoms with Crippen LogP contribution in [-0.2, 0) is 16.1 Å². The van der Waals surface area contributed by atoms with Crippen molar-refractivity contribution in [3.63, 3.8) is 0 Å². The van der Waals surface area contributed by atoms with Crippen molar-refractivity contribution in [3.05, 3.63) is 59.4 Å². The van der Waals surface area contributed by atoms with E-state index in [1.54, 1.807) is 40.0 Å². The maximum atomic E-state index is 13.1. The number of rotatable bonds is 9. The van der Waals surface area contributed by atoms with Crippen molar-refractivity contribution in [1.29, 1.82) is 0 Å². The maximum absolute atomic E-state index is 13.1. The molecule has 0 unspecified atom stereocenters. The molecule has 0 saturated carbocycles. The van der Waals surface area contributed by atoms with E-state index in [4.69, 9.17) is 4.74 Å². The van der Waals surface area contributed by atoms with Crippen LogP contribution in [0.2, 0.25) is 0 Å². The summed E-state index contributed by atoms with van der Waals surface area (Å²) in [6.45, 7) is 7.92. The average molecular weight is 500 g/mol. The van der Waals surface area contributed by atoms with E-state index in [2.05, 4.69) is 10.3 Å². The van der Waals surface area contributed by atoms with Gasteiger partial charge in [-0.2, -0.15) is 0 Å². The van der Waals surface area contributed by atoms with Gasteiger partial charge in [0, 0.05) is 35.5 Å². The van der Waals surface area contributed by atoms with E-state index in [0.717, 1.165) is 16.0 Å². The monoisotopic (exact) mass is 499 g/mol. The van der Waals surface area contributed by atoms with Gasteiger partial charge in [0.05, 0.1) is 6.61 Å². The zero-order valence-electron chi connectivity index (χ0n) is 19.9. The Morgan fingerprint density at radius 1 is 1.14 bits per heavy atom. The maximum Gasteiger partial charge on any atom is 0.319 e. The van der Waals surface area contributed by atoms with Gasteiger partial charge >= 0.3 is 5.97 Å². The molecule has 188 valence electrons. The van der Waals surface area contributed by atoms with Gasteiger partial charge in [-0.15, -0.1) is 11.8 Å². The van der Waals surface area contributed by atoms with Crippen LogP contribution in [0.5, 0.6) is 5.75 Å². The number of aryl methyl sites for hydroxylation is 1. The molecule has 0 atom stereocenters. The molecule has 0 spiro atoms. The third-order valence-corrected chi connectivity index (χ3v) is 6.61. The number of carboxylic acids is 1. The second-order valence-electron chi connectivity index (χ2n) is 8.41. The number of nitrogens with one attached hydrogen (secondary N) is 1. The first kappa shape index (κ1) is 27.9. The van der Waals surface area contributed by atoms with E-state index < -0.39 is 10.7 Å². The van der Waals surface area contributed by atoms with Crippen LogP contribution in [0.1, 0.15) is 43.0 Å². The highest BCUT2D eigenvalue weighted by atomic mass is 32.2. The van der Waals surface area contributed by atoms with Crippen molar-refractivity contribution in [1.82, 2.24) is 9.55 Å². The molecule has 0 saturated heterocycles. The number of carboxylic acid groups (broad SMARTS) is 1.